The summed E-state index contributed by atoms with van der Waals surface area (Å²) >= 11 is 5.37. The number of rotatable bonds is 5. The SMILES string of the molecule is CC1(C)C(=O)N(c2ccc(C#N)c(C(F)(F)F)c2)C(=S)N1CCCCN. The Kier molecular flexibility index (Phi) is 5.58. The zero-order valence-electron chi connectivity index (χ0n) is 14.4. The van der Waals surface area contributed by atoms with Crippen LogP contribution in [-0.4, -0.2) is 34.5 Å². The predicted molar refractivity (Wildman–Crippen MR) is 95.3 cm³/mol. The van der Waals surface area contributed by atoms with Crippen molar-refractivity contribution in [3.05, 3.63) is 29.3 Å². The number of hydrogen-bond donors (Lipinski definition) is 1. The van der Waals surface area contributed by atoms with E-state index >= 15 is 0 Å². The third kappa shape index (κ3) is 3.52. The van der Waals surface area contributed by atoms with E-state index in [0.717, 1.165) is 23.5 Å². The molecule has 1 aliphatic heterocycles. The highest BCUT2D eigenvalue weighted by molar-refractivity contribution is 7.80. The minimum absolute atomic E-state index is 0.000671. The number of nitriles is 1. The number of amides is 1. The minimum Gasteiger partial charge on any atom is -0.334 e. The molecule has 1 aliphatic rings. The Bertz CT molecular complexity index is 770. The lowest BCUT2D eigenvalue weighted by Gasteiger charge is -2.29. The molecule has 0 aromatic heterocycles. The van der Waals surface area contributed by atoms with Gasteiger partial charge < -0.3 is 10.6 Å². The third-order valence-electron chi connectivity index (χ3n) is 4.35. The average Bonchev–Trinajstić information content (AvgIpc) is 2.73. The second kappa shape index (κ2) is 7.21. The number of halogens is 3. The van der Waals surface area contributed by atoms with Gasteiger partial charge in [0.25, 0.3) is 5.91 Å². The summed E-state index contributed by atoms with van der Waals surface area (Å²) < 4.78 is 39.7. The van der Waals surface area contributed by atoms with Crippen LogP contribution in [0.1, 0.15) is 37.8 Å². The van der Waals surface area contributed by atoms with Crippen molar-refractivity contribution in [1.82, 2.24) is 4.90 Å². The van der Waals surface area contributed by atoms with E-state index in [4.69, 9.17) is 23.2 Å². The largest absolute Gasteiger partial charge is 0.417 e. The molecule has 1 aromatic rings. The van der Waals surface area contributed by atoms with Crippen molar-refractivity contribution in [2.75, 3.05) is 18.0 Å². The normalized spacial score (nSPS) is 17.0. The molecule has 1 amide bonds. The molecule has 0 bridgehead atoms. The molecule has 0 aliphatic carbocycles. The predicted octanol–water partition coefficient (Wildman–Crippen LogP) is 3.03. The maximum absolute atomic E-state index is 13.2. The van der Waals surface area contributed by atoms with E-state index < -0.39 is 28.7 Å². The summed E-state index contributed by atoms with van der Waals surface area (Å²) in [6.07, 6.45) is -3.25. The standard InChI is InChI=1S/C17H19F3N4OS/c1-16(2)14(25)24(15(26)23(16)8-4-3-7-21)12-6-5-11(10-22)13(9-12)17(18,19)20/h5-6,9H,3-4,7-8,21H2,1-2H3. The topological polar surface area (TPSA) is 73.4 Å². The molecule has 5 nitrogen and oxygen atoms in total. The molecule has 2 N–H and O–H groups in total. The van der Waals surface area contributed by atoms with Gasteiger partial charge >= 0.3 is 6.18 Å². The van der Waals surface area contributed by atoms with Gasteiger partial charge in [-0.3, -0.25) is 9.69 Å². The summed E-state index contributed by atoms with van der Waals surface area (Å²) in [6.45, 7) is 4.34. The molecule has 140 valence electrons. The smallest absolute Gasteiger partial charge is 0.334 e. The number of nitrogens with zero attached hydrogens (tertiary/aromatic N) is 3. The van der Waals surface area contributed by atoms with Gasteiger partial charge in [0.05, 0.1) is 22.9 Å². The number of unbranched alkanes of at least 4 members (excludes halogenated alkanes) is 1. The van der Waals surface area contributed by atoms with Gasteiger partial charge in [-0.1, -0.05) is 0 Å². The van der Waals surface area contributed by atoms with E-state index in [1.165, 1.54) is 12.1 Å². The number of hydrogen-bond acceptors (Lipinski definition) is 4. The summed E-state index contributed by atoms with van der Waals surface area (Å²) in [7, 11) is 0. The quantitative estimate of drug-likeness (QED) is 0.624. The van der Waals surface area contributed by atoms with Gasteiger partial charge in [-0.25, -0.2) is 0 Å². The lowest BCUT2D eigenvalue weighted by molar-refractivity contribution is -0.137. The highest BCUT2D eigenvalue weighted by atomic mass is 32.1. The molecule has 2 rings (SSSR count). The number of anilines is 1. The zero-order valence-corrected chi connectivity index (χ0v) is 15.2. The second-order valence-electron chi connectivity index (χ2n) is 6.47. The van der Waals surface area contributed by atoms with E-state index in [9.17, 15) is 18.0 Å². The Morgan fingerprint density at radius 1 is 1.31 bits per heavy atom. The Labute approximate surface area is 155 Å². The van der Waals surface area contributed by atoms with Gasteiger partial charge in [-0.05, 0) is 63.7 Å². The Morgan fingerprint density at radius 3 is 2.50 bits per heavy atom. The fourth-order valence-corrected chi connectivity index (χ4v) is 3.36. The first kappa shape index (κ1) is 20.1. The maximum Gasteiger partial charge on any atom is 0.417 e. The Morgan fingerprint density at radius 2 is 1.96 bits per heavy atom. The summed E-state index contributed by atoms with van der Waals surface area (Å²) in [5.74, 6) is -0.409. The van der Waals surface area contributed by atoms with Crippen LogP contribution in [0.3, 0.4) is 0 Å². The fraction of sp³-hybridized carbons (Fsp3) is 0.471. The number of carbonyl (C=O) groups excluding carboxylic acids is 1. The fourth-order valence-electron chi connectivity index (χ4n) is 2.86. The average molecular weight is 384 g/mol. The summed E-state index contributed by atoms with van der Waals surface area (Å²) in [5.41, 5.74) is 2.92. The molecule has 0 unspecified atom stereocenters. The molecule has 0 radical (unpaired) electrons. The van der Waals surface area contributed by atoms with Gasteiger partial charge in [-0.2, -0.15) is 18.4 Å². The van der Waals surface area contributed by atoms with Crippen molar-refractivity contribution in [2.24, 2.45) is 5.73 Å². The number of nitrogens with two attached hydrogens (primary N) is 1. The van der Waals surface area contributed by atoms with Crippen molar-refractivity contribution >= 4 is 28.9 Å². The van der Waals surface area contributed by atoms with E-state index in [2.05, 4.69) is 0 Å². The van der Waals surface area contributed by atoms with Crippen LogP contribution < -0.4 is 10.6 Å². The van der Waals surface area contributed by atoms with Gasteiger partial charge in [0.15, 0.2) is 5.11 Å². The number of alkyl halides is 3. The third-order valence-corrected chi connectivity index (χ3v) is 4.75. The Balaban J connectivity index is 2.44. The highest BCUT2D eigenvalue weighted by Crippen LogP contribution is 2.37. The van der Waals surface area contributed by atoms with E-state index in [1.807, 2.05) is 0 Å². The van der Waals surface area contributed by atoms with Crippen LogP contribution in [0.2, 0.25) is 0 Å². The molecule has 1 fully saturated rings. The van der Waals surface area contributed by atoms with Gasteiger partial charge in [-0.15, -0.1) is 0 Å². The number of thiocarbonyl (C=S) groups is 1. The maximum atomic E-state index is 13.2. The molecule has 0 saturated carbocycles. The van der Waals surface area contributed by atoms with Crippen LogP contribution in [0.25, 0.3) is 0 Å². The first-order valence-corrected chi connectivity index (χ1v) is 8.44. The van der Waals surface area contributed by atoms with Gasteiger partial charge in [0.1, 0.15) is 5.54 Å². The first-order valence-electron chi connectivity index (χ1n) is 8.03. The number of benzene rings is 1. The molecule has 0 atom stereocenters. The van der Waals surface area contributed by atoms with Crippen molar-refractivity contribution < 1.29 is 18.0 Å². The molecular formula is C17H19F3N4OS. The lowest BCUT2D eigenvalue weighted by atomic mass is 10.0. The second-order valence-corrected chi connectivity index (χ2v) is 6.83. The van der Waals surface area contributed by atoms with Crippen LogP contribution in [0.5, 0.6) is 0 Å². The van der Waals surface area contributed by atoms with Crippen LogP contribution in [0, 0.1) is 11.3 Å². The van der Waals surface area contributed by atoms with Crippen LogP contribution in [0.15, 0.2) is 18.2 Å². The van der Waals surface area contributed by atoms with E-state index in [-0.39, 0.29) is 10.8 Å². The molecule has 26 heavy (non-hydrogen) atoms. The minimum atomic E-state index is -4.71. The van der Waals surface area contributed by atoms with Crippen molar-refractivity contribution in [2.45, 2.75) is 38.4 Å². The molecule has 0 spiro atoms. The van der Waals surface area contributed by atoms with Crippen molar-refractivity contribution in [3.8, 4) is 6.07 Å². The highest BCUT2D eigenvalue weighted by Gasteiger charge is 2.49. The lowest BCUT2D eigenvalue weighted by Crippen LogP contribution is -2.44. The van der Waals surface area contributed by atoms with Crippen molar-refractivity contribution in [1.29, 1.82) is 5.26 Å². The number of carbonyl (C=O) groups is 1. The molecule has 9 heteroatoms. The van der Waals surface area contributed by atoms with E-state index in [0.29, 0.717) is 19.5 Å². The van der Waals surface area contributed by atoms with Crippen LogP contribution >= 0.6 is 12.2 Å². The van der Waals surface area contributed by atoms with Crippen LogP contribution in [0.4, 0.5) is 18.9 Å². The monoisotopic (exact) mass is 384 g/mol. The van der Waals surface area contributed by atoms with E-state index in [1.54, 1.807) is 18.7 Å². The molecule has 1 saturated heterocycles. The van der Waals surface area contributed by atoms with Gasteiger partial charge in [0.2, 0.25) is 0 Å². The molecule has 1 heterocycles. The van der Waals surface area contributed by atoms with Crippen molar-refractivity contribution in [3.63, 3.8) is 0 Å². The Hall–Kier alpha value is -2.18. The van der Waals surface area contributed by atoms with Gasteiger partial charge in [0, 0.05) is 6.54 Å². The summed E-state index contributed by atoms with van der Waals surface area (Å²) in [4.78, 5) is 15.6. The molecule has 1 aromatic carbocycles. The summed E-state index contributed by atoms with van der Waals surface area (Å²) in [5, 5.41) is 9.06. The summed E-state index contributed by atoms with van der Waals surface area (Å²) in [6, 6.07) is 4.67. The first-order chi connectivity index (χ1) is 12.1. The van der Waals surface area contributed by atoms with Crippen LogP contribution in [-0.2, 0) is 11.0 Å². The molecular weight excluding hydrogens is 365 g/mol. The zero-order chi connectivity index (χ0) is 19.7.